The van der Waals surface area contributed by atoms with Crippen LogP contribution in [-0.4, -0.2) is 138 Å². The summed E-state index contributed by atoms with van der Waals surface area (Å²) in [4.78, 5) is 35.8. The Bertz CT molecular complexity index is 2210. The Morgan fingerprint density at radius 2 is 1.71 bits per heavy atom. The molecule has 2 unspecified atom stereocenters. The van der Waals surface area contributed by atoms with E-state index in [0.717, 1.165) is 33.3 Å². The summed E-state index contributed by atoms with van der Waals surface area (Å²) in [5.41, 5.74) is 3.44. The van der Waals surface area contributed by atoms with Crippen molar-refractivity contribution in [1.29, 1.82) is 0 Å². The van der Waals surface area contributed by atoms with Crippen molar-refractivity contribution in [1.82, 2.24) is 29.8 Å². The second kappa shape index (κ2) is 24.4. The molecule has 0 spiro atoms. The van der Waals surface area contributed by atoms with E-state index in [9.17, 15) is 30.0 Å². The highest BCUT2D eigenvalue weighted by molar-refractivity contribution is 5.92. The van der Waals surface area contributed by atoms with Gasteiger partial charge < -0.3 is 39.5 Å². The van der Waals surface area contributed by atoms with E-state index in [1.807, 2.05) is 75.6 Å². The molecule has 12 atom stereocenters. The zero-order valence-corrected chi connectivity index (χ0v) is 38.8. The average molecular weight is 913 g/mol. The number of ketones is 1. The first kappa shape index (κ1) is 52.3. The monoisotopic (exact) mass is 913 g/mol. The molecule has 1 fully saturated rings. The van der Waals surface area contributed by atoms with Crippen molar-refractivity contribution in [2.75, 3.05) is 27.2 Å². The first-order chi connectivity index (χ1) is 31.2. The van der Waals surface area contributed by atoms with Crippen LogP contribution in [0.25, 0.3) is 16.5 Å². The minimum Gasteiger partial charge on any atom is -0.462 e. The van der Waals surface area contributed by atoms with Gasteiger partial charge in [-0.25, -0.2) is 4.68 Å². The van der Waals surface area contributed by atoms with Crippen molar-refractivity contribution in [3.05, 3.63) is 108 Å². The van der Waals surface area contributed by atoms with Gasteiger partial charge in [-0.3, -0.25) is 19.5 Å². The summed E-state index contributed by atoms with van der Waals surface area (Å²) in [7, 11) is 3.53. The summed E-state index contributed by atoms with van der Waals surface area (Å²) in [6.45, 7) is 10.3. The number of aromatic nitrogens is 4. The maximum absolute atomic E-state index is 14.0. The number of esters is 1. The number of fused-ring (bicyclic) bond motifs is 1. The van der Waals surface area contributed by atoms with Crippen LogP contribution >= 0.6 is 0 Å². The third-order valence-electron chi connectivity index (χ3n) is 13.1. The number of hydrogen-bond donors (Lipinski definition) is 4. The van der Waals surface area contributed by atoms with Crippen molar-refractivity contribution in [3.8, 4) is 5.69 Å². The maximum Gasteiger partial charge on any atom is 0.308 e. The van der Waals surface area contributed by atoms with E-state index in [0.29, 0.717) is 38.9 Å². The third-order valence-corrected chi connectivity index (χ3v) is 13.1. The molecule has 4 aromatic rings. The Hall–Kier alpha value is -4.71. The van der Waals surface area contributed by atoms with Crippen LogP contribution in [0.1, 0.15) is 79.0 Å². The molecule has 15 nitrogen and oxygen atoms in total. The number of benzene rings is 2. The first-order valence-corrected chi connectivity index (χ1v) is 22.9. The van der Waals surface area contributed by atoms with E-state index in [1.54, 1.807) is 61.9 Å². The van der Waals surface area contributed by atoms with Crippen LogP contribution in [0.2, 0.25) is 0 Å². The predicted molar refractivity (Wildman–Crippen MR) is 253 cm³/mol. The predicted octanol–water partition coefficient (Wildman–Crippen LogP) is 5.67. The average Bonchev–Trinajstić information content (AvgIpc) is 3.76. The standard InChI is InChI=1S/C50H68N6O9.CH4/c1-8-44-38(30-57)23-31(2)17-18-42(58)32(3)24-36(49(33(4)43(59)25-45(60)64-44)65-50-48(62)46(54(6)7)47(61)34(5)63-50)20-22-55(27-35-13-10-9-11-14-35)28-39-29-56(53-52-39)41-16-12-15-37-26-51-21-19-40(37)41;/h9-19,21,23,26,29,32-34,36,38,43-44,46-50,57,59,61-62H,8,20,22,24-25,27-28,30H2,1-7H3;1H4/b18-17+,31-23+;/t32-,33+,34-,36+,38-,43-,44-,46?,47-,48?,49-,50+;/m1./s1. The van der Waals surface area contributed by atoms with Crippen molar-refractivity contribution < 1.29 is 44.2 Å². The number of aliphatic hydroxyl groups excluding tert-OH is 4. The lowest BCUT2D eigenvalue weighted by Gasteiger charge is -2.46. The van der Waals surface area contributed by atoms with Crippen LogP contribution in [0, 0.1) is 23.7 Å². The second-order valence-electron chi connectivity index (χ2n) is 18.2. The number of ether oxygens (including phenoxy) is 3. The van der Waals surface area contributed by atoms with Gasteiger partial charge in [0.15, 0.2) is 12.1 Å². The number of aliphatic hydroxyl groups is 4. The van der Waals surface area contributed by atoms with E-state index >= 15 is 0 Å². The van der Waals surface area contributed by atoms with Gasteiger partial charge in [0, 0.05) is 54.0 Å². The highest BCUT2D eigenvalue weighted by Gasteiger charge is 2.47. The number of carbonyl (C=O) groups is 2. The quantitative estimate of drug-likeness (QED) is 0.120. The number of carbonyl (C=O) groups excluding carboxylic acids is 2. The SMILES string of the molecule is C.CC[C@H]1OC(=O)C[C@@H](O)[C@H](C)[C@@H](O[C@@H]2O[C@H](C)[C@@H](O)C(N(C)C)C2O)[C@@H](CCN(Cc2ccccc2)Cc2cn(-c3cccc4cnccc34)nn2)C[C@@H](C)C(=O)/C=C/C(C)=C/[C@@H]1CO. The lowest BCUT2D eigenvalue weighted by molar-refractivity contribution is -0.304. The molecule has 1 saturated heterocycles. The summed E-state index contributed by atoms with van der Waals surface area (Å²) >= 11 is 0. The number of pyridine rings is 1. The van der Waals surface area contributed by atoms with Gasteiger partial charge in [-0.15, -0.1) is 5.10 Å². The van der Waals surface area contributed by atoms with E-state index in [-0.39, 0.29) is 26.2 Å². The lowest BCUT2D eigenvalue weighted by Crippen LogP contribution is -2.63. The maximum atomic E-state index is 14.0. The van der Waals surface area contributed by atoms with E-state index in [1.165, 1.54) is 0 Å². The number of nitrogens with zero attached hydrogens (tertiary/aromatic N) is 6. The molecule has 0 radical (unpaired) electrons. The minimum atomic E-state index is -1.28. The molecule has 360 valence electrons. The number of cyclic esters (lactones) is 1. The summed E-state index contributed by atoms with van der Waals surface area (Å²) in [5.74, 6) is -2.91. The van der Waals surface area contributed by atoms with Gasteiger partial charge >= 0.3 is 5.97 Å². The lowest BCUT2D eigenvalue weighted by atomic mass is 9.79. The summed E-state index contributed by atoms with van der Waals surface area (Å²) in [6.07, 6.45) is 4.46. The van der Waals surface area contributed by atoms with Crippen molar-refractivity contribution >= 4 is 22.5 Å². The molecule has 2 aromatic carbocycles. The molecule has 0 bridgehead atoms. The molecule has 0 aliphatic carbocycles. The zero-order valence-electron chi connectivity index (χ0n) is 38.8. The molecular weight excluding hydrogens is 841 g/mol. The third kappa shape index (κ3) is 13.3. The molecule has 4 heterocycles. The Labute approximate surface area is 390 Å². The van der Waals surface area contributed by atoms with Crippen LogP contribution in [0.3, 0.4) is 0 Å². The van der Waals surface area contributed by atoms with Gasteiger partial charge in [-0.05, 0) is 83.4 Å². The molecule has 2 aliphatic rings. The van der Waals surface area contributed by atoms with Crippen molar-refractivity contribution in [3.63, 3.8) is 0 Å². The zero-order chi connectivity index (χ0) is 46.8. The highest BCUT2D eigenvalue weighted by Crippen LogP contribution is 2.35. The van der Waals surface area contributed by atoms with Gasteiger partial charge in [-0.1, -0.05) is 93.6 Å². The molecular formula is C51H72N6O9. The summed E-state index contributed by atoms with van der Waals surface area (Å²) in [6, 6.07) is 17.3. The van der Waals surface area contributed by atoms with Crippen LogP contribution in [0.4, 0.5) is 0 Å². The molecule has 0 amide bonds. The molecule has 6 rings (SSSR count). The van der Waals surface area contributed by atoms with Crippen molar-refractivity contribution in [2.24, 2.45) is 23.7 Å². The van der Waals surface area contributed by atoms with Crippen molar-refractivity contribution in [2.45, 2.75) is 130 Å². The van der Waals surface area contributed by atoms with Gasteiger partial charge in [0.2, 0.25) is 0 Å². The van der Waals surface area contributed by atoms with E-state index < -0.39 is 78.6 Å². The fraction of sp³-hybridized carbons (Fsp3) is 0.549. The molecule has 0 saturated carbocycles. The van der Waals surface area contributed by atoms with E-state index in [4.69, 9.17) is 14.2 Å². The van der Waals surface area contributed by atoms with Crippen LogP contribution in [0.15, 0.2) is 97.0 Å². The Balaban J connectivity index is 0.00000817. The topological polar surface area (TPSA) is 193 Å². The highest BCUT2D eigenvalue weighted by atomic mass is 16.7. The fourth-order valence-electron chi connectivity index (χ4n) is 9.28. The largest absolute Gasteiger partial charge is 0.462 e. The molecule has 66 heavy (non-hydrogen) atoms. The molecule has 4 N–H and O–H groups in total. The number of hydrogen-bond acceptors (Lipinski definition) is 14. The Morgan fingerprint density at radius 1 is 0.955 bits per heavy atom. The number of allylic oxidation sites excluding steroid dienone is 3. The Morgan fingerprint density at radius 3 is 2.42 bits per heavy atom. The first-order valence-electron chi connectivity index (χ1n) is 22.9. The summed E-state index contributed by atoms with van der Waals surface area (Å²) < 4.78 is 20.7. The molecule has 15 heteroatoms. The summed E-state index contributed by atoms with van der Waals surface area (Å²) in [5, 5.41) is 56.2. The normalized spacial score (nSPS) is 30.7. The number of rotatable bonds is 13. The van der Waals surface area contributed by atoms with E-state index in [2.05, 4.69) is 32.3 Å². The molecule has 2 aromatic heterocycles. The van der Waals surface area contributed by atoms with Gasteiger partial charge in [0.05, 0.1) is 61.1 Å². The number of likely N-dealkylation sites (N-methyl/N-ethyl adjacent to an activating group) is 1. The smallest absolute Gasteiger partial charge is 0.308 e. The van der Waals surface area contributed by atoms with Crippen LogP contribution < -0.4 is 0 Å². The second-order valence-corrected chi connectivity index (χ2v) is 18.2. The Kier molecular flexibility index (Phi) is 19.3. The molecule has 2 aliphatic heterocycles. The van der Waals surface area contributed by atoms with Gasteiger partial charge in [-0.2, -0.15) is 0 Å². The van der Waals surface area contributed by atoms with Gasteiger partial charge in [0.25, 0.3) is 0 Å². The van der Waals surface area contributed by atoms with Crippen LogP contribution in [0.5, 0.6) is 0 Å². The van der Waals surface area contributed by atoms with Crippen LogP contribution in [-0.2, 0) is 36.9 Å². The minimum absolute atomic E-state index is 0. The van der Waals surface area contributed by atoms with Gasteiger partial charge in [0.1, 0.15) is 12.2 Å². The fourth-order valence-corrected chi connectivity index (χ4v) is 9.28.